The monoisotopic (exact) mass is 389 g/mol. The van der Waals surface area contributed by atoms with E-state index < -0.39 is 0 Å². The normalized spacial score (nSPS) is 24.7. The topological polar surface area (TPSA) is 65.5 Å². The van der Waals surface area contributed by atoms with Gasteiger partial charge in [0.15, 0.2) is 11.9 Å². The van der Waals surface area contributed by atoms with Crippen molar-refractivity contribution < 1.29 is 14.2 Å². The summed E-state index contributed by atoms with van der Waals surface area (Å²) in [6.45, 7) is 1.25. The van der Waals surface area contributed by atoms with Gasteiger partial charge in [-0.2, -0.15) is 0 Å². The standard InChI is InChI=1S/C18H16ClN3O3S/c19-11-7-10(22-18-17-12(4-6-26-17)20-9-21-18)1-2-13(11)25-15-8-24-14-3-5-23-16(14)15/h1-2,4,6-7,9,14-16H,3,5,8H2,(H,20,21,22)/t14?,15-,16?/m0/s1. The molecule has 0 spiro atoms. The number of fused-ring (bicyclic) bond motifs is 2. The third-order valence-electron chi connectivity index (χ3n) is 4.64. The second kappa shape index (κ2) is 6.66. The predicted molar refractivity (Wildman–Crippen MR) is 101 cm³/mol. The van der Waals surface area contributed by atoms with Crippen molar-refractivity contribution in [1.82, 2.24) is 9.97 Å². The largest absolute Gasteiger partial charge is 0.484 e. The van der Waals surface area contributed by atoms with Crippen LogP contribution in [0.15, 0.2) is 36.0 Å². The molecule has 0 saturated carbocycles. The van der Waals surface area contributed by atoms with Crippen LogP contribution in [0.3, 0.4) is 0 Å². The van der Waals surface area contributed by atoms with Crippen LogP contribution in [-0.4, -0.2) is 41.5 Å². The second-order valence-electron chi connectivity index (χ2n) is 6.28. The predicted octanol–water partition coefficient (Wildman–Crippen LogP) is 4.02. The smallest absolute Gasteiger partial charge is 0.151 e. The van der Waals surface area contributed by atoms with E-state index in [-0.39, 0.29) is 18.3 Å². The fraction of sp³-hybridized carbons (Fsp3) is 0.333. The summed E-state index contributed by atoms with van der Waals surface area (Å²) in [5.41, 5.74) is 1.76. The Morgan fingerprint density at radius 2 is 2.19 bits per heavy atom. The molecule has 2 fully saturated rings. The number of ether oxygens (including phenoxy) is 3. The van der Waals surface area contributed by atoms with Gasteiger partial charge in [0.1, 0.15) is 18.2 Å². The molecule has 8 heteroatoms. The zero-order valence-corrected chi connectivity index (χ0v) is 15.3. The molecular formula is C18H16ClN3O3S. The molecule has 0 bridgehead atoms. The van der Waals surface area contributed by atoms with Crippen LogP contribution in [0.4, 0.5) is 11.5 Å². The minimum absolute atomic E-state index is 0.00278. The van der Waals surface area contributed by atoms with E-state index >= 15 is 0 Å². The molecule has 134 valence electrons. The van der Waals surface area contributed by atoms with Crippen molar-refractivity contribution in [2.75, 3.05) is 18.5 Å². The van der Waals surface area contributed by atoms with E-state index in [0.29, 0.717) is 17.4 Å². The first-order valence-corrected chi connectivity index (χ1v) is 9.68. The van der Waals surface area contributed by atoms with Gasteiger partial charge in [-0.05, 0) is 36.1 Å². The molecular weight excluding hydrogens is 374 g/mol. The summed E-state index contributed by atoms with van der Waals surface area (Å²) < 4.78 is 18.5. The highest BCUT2D eigenvalue weighted by Crippen LogP contribution is 2.35. The van der Waals surface area contributed by atoms with Gasteiger partial charge >= 0.3 is 0 Å². The molecule has 1 N–H and O–H groups in total. The molecule has 2 aliphatic heterocycles. The Hall–Kier alpha value is -1.93. The number of halogens is 1. The van der Waals surface area contributed by atoms with Crippen LogP contribution in [0.25, 0.3) is 10.2 Å². The van der Waals surface area contributed by atoms with Crippen LogP contribution in [0.2, 0.25) is 5.02 Å². The highest BCUT2D eigenvalue weighted by atomic mass is 35.5. The minimum atomic E-state index is -0.119. The van der Waals surface area contributed by atoms with Gasteiger partial charge in [-0.1, -0.05) is 11.6 Å². The van der Waals surface area contributed by atoms with Crippen LogP contribution >= 0.6 is 22.9 Å². The Morgan fingerprint density at radius 3 is 3.12 bits per heavy atom. The molecule has 2 unspecified atom stereocenters. The van der Waals surface area contributed by atoms with E-state index in [1.807, 2.05) is 29.6 Å². The van der Waals surface area contributed by atoms with Crippen molar-refractivity contribution >= 4 is 44.7 Å². The first-order chi connectivity index (χ1) is 12.8. The summed E-state index contributed by atoms with van der Waals surface area (Å²) in [6.07, 6.45) is 2.50. The maximum absolute atomic E-state index is 6.44. The number of aromatic nitrogens is 2. The fourth-order valence-electron chi connectivity index (χ4n) is 3.38. The molecule has 2 saturated heterocycles. The molecule has 2 aliphatic rings. The van der Waals surface area contributed by atoms with Crippen LogP contribution in [0.1, 0.15) is 6.42 Å². The Kier molecular flexibility index (Phi) is 4.17. The molecule has 3 aromatic rings. The average Bonchev–Trinajstić information content (AvgIpc) is 3.35. The molecule has 6 nitrogen and oxygen atoms in total. The van der Waals surface area contributed by atoms with Crippen molar-refractivity contribution in [2.24, 2.45) is 0 Å². The van der Waals surface area contributed by atoms with Gasteiger partial charge in [-0.15, -0.1) is 11.3 Å². The number of thiophene rings is 1. The van der Waals surface area contributed by atoms with Crippen molar-refractivity contribution in [2.45, 2.75) is 24.7 Å². The highest BCUT2D eigenvalue weighted by molar-refractivity contribution is 7.17. The van der Waals surface area contributed by atoms with Crippen molar-refractivity contribution in [3.05, 3.63) is 41.0 Å². The molecule has 1 aromatic carbocycles. The lowest BCUT2D eigenvalue weighted by molar-refractivity contribution is 0.0309. The molecule has 0 amide bonds. The summed E-state index contributed by atoms with van der Waals surface area (Å²) in [4.78, 5) is 8.58. The van der Waals surface area contributed by atoms with E-state index in [9.17, 15) is 0 Å². The molecule has 5 rings (SSSR count). The van der Waals surface area contributed by atoms with Crippen molar-refractivity contribution in [1.29, 1.82) is 0 Å². The van der Waals surface area contributed by atoms with Crippen LogP contribution in [0.5, 0.6) is 5.75 Å². The molecule has 26 heavy (non-hydrogen) atoms. The van der Waals surface area contributed by atoms with Gasteiger partial charge in [0.05, 0.1) is 28.0 Å². The Bertz CT molecular complexity index is 950. The van der Waals surface area contributed by atoms with E-state index in [0.717, 1.165) is 34.7 Å². The summed E-state index contributed by atoms with van der Waals surface area (Å²) >= 11 is 8.03. The SMILES string of the molecule is Clc1cc(Nc2ncnc3ccsc23)ccc1O[C@H]1COC2CCOC21. The number of rotatable bonds is 4. The Balaban J connectivity index is 1.34. The quantitative estimate of drug-likeness (QED) is 0.726. The second-order valence-corrected chi connectivity index (χ2v) is 7.60. The lowest BCUT2D eigenvalue weighted by Gasteiger charge is -2.19. The fourth-order valence-corrected chi connectivity index (χ4v) is 4.40. The zero-order valence-electron chi connectivity index (χ0n) is 13.7. The maximum Gasteiger partial charge on any atom is 0.151 e. The maximum atomic E-state index is 6.44. The molecule has 4 heterocycles. The molecule has 3 atom stereocenters. The summed E-state index contributed by atoms with van der Waals surface area (Å²) in [5.74, 6) is 1.40. The van der Waals surface area contributed by atoms with E-state index in [1.54, 1.807) is 17.7 Å². The van der Waals surface area contributed by atoms with Gasteiger partial charge in [0.25, 0.3) is 0 Å². The number of hydrogen-bond donors (Lipinski definition) is 1. The van der Waals surface area contributed by atoms with Crippen LogP contribution in [-0.2, 0) is 9.47 Å². The zero-order chi connectivity index (χ0) is 17.5. The number of benzene rings is 1. The van der Waals surface area contributed by atoms with Crippen LogP contribution in [0, 0.1) is 0 Å². The van der Waals surface area contributed by atoms with Crippen molar-refractivity contribution in [3.8, 4) is 5.75 Å². The lowest BCUT2D eigenvalue weighted by Crippen LogP contribution is -2.32. The molecule has 0 aliphatic carbocycles. The summed E-state index contributed by atoms with van der Waals surface area (Å²) in [6, 6.07) is 7.59. The Morgan fingerprint density at radius 1 is 1.23 bits per heavy atom. The average molecular weight is 390 g/mol. The third kappa shape index (κ3) is 2.91. The van der Waals surface area contributed by atoms with Gasteiger partial charge < -0.3 is 19.5 Å². The third-order valence-corrected chi connectivity index (χ3v) is 5.84. The number of nitrogens with one attached hydrogen (secondary N) is 1. The number of nitrogens with zero attached hydrogens (tertiary/aromatic N) is 2. The van der Waals surface area contributed by atoms with E-state index in [2.05, 4.69) is 15.3 Å². The van der Waals surface area contributed by atoms with E-state index in [4.69, 9.17) is 25.8 Å². The van der Waals surface area contributed by atoms with Crippen LogP contribution < -0.4 is 10.1 Å². The first kappa shape index (κ1) is 16.3. The van der Waals surface area contributed by atoms with Gasteiger partial charge in [-0.3, -0.25) is 0 Å². The lowest BCUT2D eigenvalue weighted by atomic mass is 10.1. The minimum Gasteiger partial charge on any atom is -0.484 e. The van der Waals surface area contributed by atoms with Gasteiger partial charge in [0.2, 0.25) is 0 Å². The van der Waals surface area contributed by atoms with E-state index in [1.165, 1.54) is 0 Å². The number of anilines is 2. The van der Waals surface area contributed by atoms with Gasteiger partial charge in [-0.25, -0.2) is 9.97 Å². The Labute approximate surface area is 159 Å². The first-order valence-electron chi connectivity index (χ1n) is 8.42. The van der Waals surface area contributed by atoms with Crippen molar-refractivity contribution in [3.63, 3.8) is 0 Å². The molecule has 0 radical (unpaired) electrons. The molecule has 2 aromatic heterocycles. The summed E-state index contributed by atoms with van der Waals surface area (Å²) in [7, 11) is 0. The summed E-state index contributed by atoms with van der Waals surface area (Å²) in [5, 5.41) is 5.83. The highest BCUT2D eigenvalue weighted by Gasteiger charge is 2.43. The van der Waals surface area contributed by atoms with Gasteiger partial charge in [0, 0.05) is 12.3 Å². The number of hydrogen-bond acceptors (Lipinski definition) is 7.